The minimum absolute atomic E-state index is 0.0244. The van der Waals surface area contributed by atoms with E-state index in [1.807, 2.05) is 55.6 Å². The molecule has 9 heteroatoms. The van der Waals surface area contributed by atoms with Gasteiger partial charge in [0, 0.05) is 36.5 Å². The Kier molecular flexibility index (Phi) is 7.55. The van der Waals surface area contributed by atoms with E-state index in [9.17, 15) is 14.4 Å². The van der Waals surface area contributed by atoms with E-state index in [0.29, 0.717) is 37.4 Å². The average molecular weight is 553 g/mol. The van der Waals surface area contributed by atoms with Gasteiger partial charge in [0.2, 0.25) is 17.7 Å². The summed E-state index contributed by atoms with van der Waals surface area (Å²) in [6.45, 7) is 2.65. The number of carbonyl (C=O) groups excluding carboxylic acids is 3. The van der Waals surface area contributed by atoms with Crippen LogP contribution in [0.5, 0.6) is 0 Å². The first kappa shape index (κ1) is 27.1. The summed E-state index contributed by atoms with van der Waals surface area (Å²) in [5, 5.41) is 12.5. The highest BCUT2D eigenvalue weighted by molar-refractivity contribution is 6.06. The van der Waals surface area contributed by atoms with Crippen LogP contribution in [0.1, 0.15) is 40.7 Å². The van der Waals surface area contributed by atoms with Crippen LogP contribution in [0.4, 0.5) is 11.5 Å². The number of aromatic nitrogens is 1. The van der Waals surface area contributed by atoms with Gasteiger partial charge in [0.25, 0.3) is 0 Å². The van der Waals surface area contributed by atoms with Gasteiger partial charge in [-0.05, 0) is 86.3 Å². The van der Waals surface area contributed by atoms with Crippen molar-refractivity contribution in [3.05, 3.63) is 88.6 Å². The van der Waals surface area contributed by atoms with Gasteiger partial charge in [0.05, 0.1) is 5.41 Å². The topological polar surface area (TPSA) is 115 Å². The van der Waals surface area contributed by atoms with Crippen molar-refractivity contribution < 1.29 is 14.4 Å². The predicted molar refractivity (Wildman–Crippen MR) is 157 cm³/mol. The lowest BCUT2D eigenvalue weighted by molar-refractivity contribution is -0.139. The van der Waals surface area contributed by atoms with Crippen LogP contribution < -0.4 is 21.3 Å². The average Bonchev–Trinajstić information content (AvgIpc) is 3.50. The summed E-state index contributed by atoms with van der Waals surface area (Å²) in [6.07, 6.45) is 4.39. The largest absolute Gasteiger partial charge is 0.329 e. The van der Waals surface area contributed by atoms with Crippen LogP contribution in [0, 0.1) is 5.92 Å². The van der Waals surface area contributed by atoms with Crippen molar-refractivity contribution in [1.82, 2.24) is 20.5 Å². The summed E-state index contributed by atoms with van der Waals surface area (Å²) in [5.41, 5.74) is 5.21. The minimum atomic E-state index is -0.659. The van der Waals surface area contributed by atoms with Gasteiger partial charge in [-0.3, -0.25) is 14.4 Å². The van der Waals surface area contributed by atoms with Crippen molar-refractivity contribution in [1.29, 1.82) is 0 Å². The summed E-state index contributed by atoms with van der Waals surface area (Å²) < 4.78 is 0. The number of amides is 3. The molecule has 1 spiro atoms. The van der Waals surface area contributed by atoms with Crippen LogP contribution >= 0.6 is 0 Å². The number of nitrogens with zero attached hydrogens (tertiary/aromatic N) is 2. The number of hydrogen-bond donors (Lipinski definition) is 4. The zero-order chi connectivity index (χ0) is 28.4. The molecular weight excluding hydrogens is 516 g/mol. The van der Waals surface area contributed by atoms with Crippen LogP contribution in [0.15, 0.2) is 60.8 Å². The zero-order valence-electron chi connectivity index (χ0n) is 23.3. The first-order valence-electron chi connectivity index (χ1n) is 14.4. The van der Waals surface area contributed by atoms with Crippen molar-refractivity contribution in [2.24, 2.45) is 5.92 Å². The highest BCUT2D eigenvalue weighted by Crippen LogP contribution is 2.46. The normalized spacial score (nSPS) is 19.5. The van der Waals surface area contributed by atoms with Crippen molar-refractivity contribution in [2.75, 3.05) is 37.3 Å². The van der Waals surface area contributed by atoms with E-state index in [-0.39, 0.29) is 30.2 Å². The quantitative estimate of drug-likeness (QED) is 0.342. The smallest absolute Gasteiger partial charge is 0.244 e. The molecule has 0 saturated carbocycles. The van der Waals surface area contributed by atoms with Crippen LogP contribution in [-0.2, 0) is 45.7 Å². The number of carbonyl (C=O) groups is 3. The summed E-state index contributed by atoms with van der Waals surface area (Å²) in [5.74, 6) is 0.300. The van der Waals surface area contributed by atoms with E-state index in [4.69, 9.17) is 0 Å². The van der Waals surface area contributed by atoms with Crippen LogP contribution in [0.3, 0.4) is 0 Å². The molecule has 3 aliphatic rings. The molecule has 9 nitrogen and oxygen atoms in total. The maximum atomic E-state index is 13.6. The van der Waals surface area contributed by atoms with Crippen molar-refractivity contribution in [3.63, 3.8) is 0 Å². The monoisotopic (exact) mass is 552 g/mol. The van der Waals surface area contributed by atoms with Crippen LogP contribution in [-0.4, -0.2) is 54.3 Å². The van der Waals surface area contributed by atoms with E-state index in [1.54, 1.807) is 11.1 Å². The maximum absolute atomic E-state index is 13.6. The highest BCUT2D eigenvalue weighted by atomic mass is 16.2. The van der Waals surface area contributed by atoms with Gasteiger partial charge in [-0.2, -0.15) is 0 Å². The van der Waals surface area contributed by atoms with Crippen LogP contribution in [0.2, 0.25) is 0 Å². The molecule has 0 bridgehead atoms. The third-order valence-corrected chi connectivity index (χ3v) is 8.65. The molecule has 1 aliphatic carbocycles. The Bertz CT molecular complexity index is 1480. The Balaban J connectivity index is 1.18. The molecule has 0 unspecified atom stereocenters. The fourth-order valence-corrected chi connectivity index (χ4v) is 6.54. The van der Waals surface area contributed by atoms with Crippen molar-refractivity contribution >= 4 is 29.2 Å². The summed E-state index contributed by atoms with van der Waals surface area (Å²) >= 11 is 0. The summed E-state index contributed by atoms with van der Waals surface area (Å²) in [7, 11) is 1.90. The van der Waals surface area contributed by atoms with Crippen molar-refractivity contribution in [2.45, 2.75) is 44.2 Å². The van der Waals surface area contributed by atoms with E-state index in [1.165, 1.54) is 0 Å². The zero-order valence-corrected chi connectivity index (χ0v) is 23.3. The number of benzene rings is 2. The molecule has 1 aromatic heterocycles. The molecule has 2 aliphatic heterocycles. The van der Waals surface area contributed by atoms with Crippen molar-refractivity contribution in [3.8, 4) is 0 Å². The van der Waals surface area contributed by atoms with Gasteiger partial charge in [0.1, 0.15) is 12.4 Å². The molecule has 3 aromatic rings. The van der Waals surface area contributed by atoms with Gasteiger partial charge in [-0.15, -0.1) is 0 Å². The molecule has 212 valence electrons. The second-order valence-electron chi connectivity index (χ2n) is 11.3. The molecule has 3 amide bonds. The Labute approximate surface area is 240 Å². The van der Waals surface area contributed by atoms with Crippen LogP contribution in [0.25, 0.3) is 0 Å². The lowest BCUT2D eigenvalue weighted by Crippen LogP contribution is -2.44. The van der Waals surface area contributed by atoms with E-state index < -0.39 is 5.41 Å². The van der Waals surface area contributed by atoms with Gasteiger partial charge in [-0.25, -0.2) is 4.98 Å². The molecule has 1 fully saturated rings. The molecule has 0 radical (unpaired) electrons. The number of anilines is 2. The fourth-order valence-electron chi connectivity index (χ4n) is 6.54. The fraction of sp³-hybridized carbons (Fsp3) is 0.375. The lowest BCUT2D eigenvalue weighted by Gasteiger charge is -2.30. The highest BCUT2D eigenvalue weighted by Gasteiger charge is 2.51. The van der Waals surface area contributed by atoms with E-state index in [0.717, 1.165) is 53.7 Å². The summed E-state index contributed by atoms with van der Waals surface area (Å²) in [6, 6.07) is 17.7. The molecule has 2 aromatic carbocycles. The van der Waals surface area contributed by atoms with Gasteiger partial charge >= 0.3 is 0 Å². The number of pyridine rings is 1. The standard InChI is InChI=1S/C32H36N6O3/c1-33-18-23-5-2-3-6-24(23)19-38(30(40)21-10-13-34-14-11-21)20-28(39)36-26-9-8-22-16-32(17-25(22)15-26)27-7-4-12-35-29(27)37-31(32)41/h2-9,12,15,21,33-34H,10-11,13-14,16-20H2,1H3,(H,36,39)(H,35,37,41)/t32-/m1/s1. The number of piperidine rings is 1. The second-order valence-corrected chi connectivity index (χ2v) is 11.3. The number of hydrogen-bond acceptors (Lipinski definition) is 6. The molecule has 4 N–H and O–H groups in total. The lowest BCUT2D eigenvalue weighted by atomic mass is 9.79. The van der Waals surface area contributed by atoms with Gasteiger partial charge in [-0.1, -0.05) is 36.4 Å². The molecule has 1 saturated heterocycles. The summed E-state index contributed by atoms with van der Waals surface area (Å²) in [4.78, 5) is 46.1. The maximum Gasteiger partial charge on any atom is 0.244 e. The molecule has 6 rings (SSSR count). The molecule has 1 atom stereocenters. The predicted octanol–water partition coefficient (Wildman–Crippen LogP) is 2.76. The Morgan fingerprint density at radius 2 is 1.80 bits per heavy atom. The Morgan fingerprint density at radius 3 is 2.61 bits per heavy atom. The first-order chi connectivity index (χ1) is 20.0. The van der Waals surface area contributed by atoms with E-state index >= 15 is 0 Å². The number of fused-ring (bicyclic) bond motifs is 3. The Morgan fingerprint density at radius 1 is 1.02 bits per heavy atom. The Hall–Kier alpha value is -4.08. The SMILES string of the molecule is CNCc1ccccc1CN(CC(=O)Nc1ccc2c(c1)C[C@@]1(C2)C(=O)Nc2ncccc21)C(=O)C1CCNCC1. The third kappa shape index (κ3) is 5.35. The number of rotatable bonds is 8. The number of nitrogens with one attached hydrogen (secondary N) is 4. The third-order valence-electron chi connectivity index (χ3n) is 8.65. The second kappa shape index (κ2) is 11.4. The minimum Gasteiger partial charge on any atom is -0.329 e. The molecular formula is C32H36N6O3. The van der Waals surface area contributed by atoms with Gasteiger partial charge < -0.3 is 26.2 Å². The molecule has 3 heterocycles. The van der Waals surface area contributed by atoms with E-state index in [2.05, 4.69) is 32.3 Å². The van der Waals surface area contributed by atoms with Gasteiger partial charge in [0.15, 0.2) is 0 Å². The first-order valence-corrected chi connectivity index (χ1v) is 14.4. The molecule has 41 heavy (non-hydrogen) atoms.